The van der Waals surface area contributed by atoms with Crippen LogP contribution in [0.4, 0.5) is 5.95 Å². The number of hydrogen-bond acceptors (Lipinski definition) is 6. The number of amides is 1. The van der Waals surface area contributed by atoms with Crippen LogP contribution < -0.4 is 10.2 Å². The zero-order valence-corrected chi connectivity index (χ0v) is 15.5. The fraction of sp³-hybridized carbons (Fsp3) is 0.471. The van der Waals surface area contributed by atoms with E-state index in [2.05, 4.69) is 51.6 Å². The van der Waals surface area contributed by atoms with Crippen LogP contribution >= 0.6 is 11.8 Å². The van der Waals surface area contributed by atoms with Crippen molar-refractivity contribution in [2.24, 2.45) is 0 Å². The first-order chi connectivity index (χ1) is 12.1. The Kier molecular flexibility index (Phi) is 5.60. The molecule has 1 aliphatic rings. The van der Waals surface area contributed by atoms with Crippen molar-refractivity contribution in [2.45, 2.75) is 24.3 Å². The Morgan fingerprint density at radius 1 is 1.24 bits per heavy atom. The summed E-state index contributed by atoms with van der Waals surface area (Å²) in [5.41, 5.74) is 2.18. The number of aromatic nitrogens is 3. The van der Waals surface area contributed by atoms with Gasteiger partial charge in [-0.25, -0.2) is 0 Å². The molecule has 0 bridgehead atoms. The molecular formula is C17H23N5O2S. The molecule has 1 aromatic carbocycles. The lowest BCUT2D eigenvalue weighted by molar-refractivity contribution is -0.119. The van der Waals surface area contributed by atoms with Gasteiger partial charge in [0.2, 0.25) is 11.9 Å². The Labute approximate surface area is 151 Å². The van der Waals surface area contributed by atoms with Crippen LogP contribution in [0, 0.1) is 6.92 Å². The number of anilines is 1. The summed E-state index contributed by atoms with van der Waals surface area (Å²) in [5, 5.41) is 11.9. The Morgan fingerprint density at radius 2 is 1.92 bits per heavy atom. The van der Waals surface area contributed by atoms with Gasteiger partial charge in [0.05, 0.1) is 24.2 Å². The first-order valence-electron chi connectivity index (χ1n) is 8.33. The monoisotopic (exact) mass is 361 g/mol. The van der Waals surface area contributed by atoms with E-state index in [1.807, 2.05) is 11.5 Å². The Balaban J connectivity index is 1.98. The topological polar surface area (TPSA) is 72.3 Å². The number of carbonyl (C=O) groups is 1. The lowest BCUT2D eigenvalue weighted by Gasteiger charge is -2.28. The Bertz CT molecular complexity index is 725. The SMILES string of the molecule is CNC(=O)C(C)Sc1nnc(N2CCOCC2)n1-c1ccc(C)cc1. The van der Waals surface area contributed by atoms with Crippen molar-refractivity contribution in [1.29, 1.82) is 0 Å². The second-order valence-electron chi connectivity index (χ2n) is 5.93. The van der Waals surface area contributed by atoms with Gasteiger partial charge in [-0.3, -0.25) is 9.36 Å². The summed E-state index contributed by atoms with van der Waals surface area (Å²) in [7, 11) is 1.64. The zero-order valence-electron chi connectivity index (χ0n) is 14.7. The van der Waals surface area contributed by atoms with Crippen LogP contribution in [-0.2, 0) is 9.53 Å². The molecule has 1 saturated heterocycles. The minimum Gasteiger partial charge on any atom is -0.378 e. The molecule has 1 aliphatic heterocycles. The number of carbonyl (C=O) groups excluding carboxylic acids is 1. The first kappa shape index (κ1) is 17.8. The van der Waals surface area contributed by atoms with E-state index in [0.717, 1.165) is 24.7 Å². The minimum atomic E-state index is -0.254. The number of rotatable bonds is 5. The highest BCUT2D eigenvalue weighted by Gasteiger charge is 2.24. The first-order valence-corrected chi connectivity index (χ1v) is 9.21. The maximum atomic E-state index is 11.9. The summed E-state index contributed by atoms with van der Waals surface area (Å²) < 4.78 is 7.47. The fourth-order valence-electron chi connectivity index (χ4n) is 2.64. The van der Waals surface area contributed by atoms with E-state index >= 15 is 0 Å². The van der Waals surface area contributed by atoms with Gasteiger partial charge >= 0.3 is 0 Å². The van der Waals surface area contributed by atoms with Crippen molar-refractivity contribution in [3.8, 4) is 5.69 Å². The van der Waals surface area contributed by atoms with E-state index in [1.165, 1.54) is 17.3 Å². The highest BCUT2D eigenvalue weighted by molar-refractivity contribution is 8.00. The molecule has 1 N–H and O–H groups in total. The van der Waals surface area contributed by atoms with Crippen LogP contribution in [0.5, 0.6) is 0 Å². The average molecular weight is 361 g/mol. The molecule has 7 nitrogen and oxygen atoms in total. The van der Waals surface area contributed by atoms with Gasteiger partial charge in [0, 0.05) is 20.1 Å². The van der Waals surface area contributed by atoms with E-state index in [0.29, 0.717) is 18.4 Å². The summed E-state index contributed by atoms with van der Waals surface area (Å²) in [6, 6.07) is 8.23. The summed E-state index contributed by atoms with van der Waals surface area (Å²) in [6.45, 7) is 6.84. The molecule has 2 aromatic rings. The predicted molar refractivity (Wildman–Crippen MR) is 98.5 cm³/mol. The van der Waals surface area contributed by atoms with E-state index in [1.54, 1.807) is 7.05 Å². The van der Waals surface area contributed by atoms with Crippen molar-refractivity contribution >= 4 is 23.6 Å². The normalized spacial score (nSPS) is 15.9. The Hall–Kier alpha value is -2.06. The molecule has 0 aliphatic carbocycles. The van der Waals surface area contributed by atoms with Crippen LogP contribution in [0.15, 0.2) is 29.4 Å². The molecule has 1 unspecified atom stereocenters. The molecule has 1 fully saturated rings. The lowest BCUT2D eigenvalue weighted by Crippen LogP contribution is -2.38. The quantitative estimate of drug-likeness (QED) is 0.817. The number of nitrogens with one attached hydrogen (secondary N) is 1. The molecule has 1 aromatic heterocycles. The Morgan fingerprint density at radius 3 is 2.56 bits per heavy atom. The second-order valence-corrected chi connectivity index (χ2v) is 7.24. The number of morpholine rings is 1. The van der Waals surface area contributed by atoms with Gasteiger partial charge in [-0.15, -0.1) is 10.2 Å². The maximum absolute atomic E-state index is 11.9. The average Bonchev–Trinajstić information content (AvgIpc) is 3.06. The van der Waals surface area contributed by atoms with E-state index in [-0.39, 0.29) is 11.2 Å². The molecule has 8 heteroatoms. The molecule has 25 heavy (non-hydrogen) atoms. The number of thioether (sulfide) groups is 1. The number of ether oxygens (including phenoxy) is 1. The largest absolute Gasteiger partial charge is 0.378 e. The molecule has 1 atom stereocenters. The van der Waals surface area contributed by atoms with Gasteiger partial charge < -0.3 is 15.0 Å². The lowest BCUT2D eigenvalue weighted by atomic mass is 10.2. The zero-order chi connectivity index (χ0) is 17.8. The van der Waals surface area contributed by atoms with Crippen molar-refractivity contribution < 1.29 is 9.53 Å². The maximum Gasteiger partial charge on any atom is 0.233 e. The third-order valence-electron chi connectivity index (χ3n) is 4.10. The summed E-state index contributed by atoms with van der Waals surface area (Å²) in [6.07, 6.45) is 0. The van der Waals surface area contributed by atoms with Crippen molar-refractivity contribution in [3.05, 3.63) is 29.8 Å². The fourth-order valence-corrected chi connectivity index (χ4v) is 3.56. The van der Waals surface area contributed by atoms with Crippen LogP contribution in [0.25, 0.3) is 5.69 Å². The minimum absolute atomic E-state index is 0.0311. The van der Waals surface area contributed by atoms with Crippen molar-refractivity contribution in [2.75, 3.05) is 38.3 Å². The molecule has 0 radical (unpaired) electrons. The molecule has 0 spiro atoms. The van der Waals surface area contributed by atoms with Gasteiger partial charge in [-0.2, -0.15) is 0 Å². The third kappa shape index (κ3) is 3.96. The van der Waals surface area contributed by atoms with Crippen LogP contribution in [0.1, 0.15) is 12.5 Å². The number of benzene rings is 1. The molecule has 2 heterocycles. The smallest absolute Gasteiger partial charge is 0.233 e. The van der Waals surface area contributed by atoms with E-state index < -0.39 is 0 Å². The summed E-state index contributed by atoms with van der Waals surface area (Å²) in [4.78, 5) is 14.1. The molecular weight excluding hydrogens is 338 g/mol. The van der Waals surface area contributed by atoms with Crippen LogP contribution in [-0.4, -0.2) is 59.3 Å². The highest BCUT2D eigenvalue weighted by atomic mass is 32.2. The number of aryl methyl sites for hydroxylation is 1. The molecule has 134 valence electrons. The van der Waals surface area contributed by atoms with Crippen LogP contribution in [0.2, 0.25) is 0 Å². The van der Waals surface area contributed by atoms with Gasteiger partial charge in [-0.1, -0.05) is 29.5 Å². The third-order valence-corrected chi connectivity index (χ3v) is 5.14. The second kappa shape index (κ2) is 7.88. The summed E-state index contributed by atoms with van der Waals surface area (Å²) >= 11 is 1.41. The number of hydrogen-bond donors (Lipinski definition) is 1. The molecule has 0 saturated carbocycles. The number of nitrogens with zero attached hydrogens (tertiary/aromatic N) is 4. The predicted octanol–water partition coefficient (Wildman–Crippen LogP) is 1.64. The van der Waals surface area contributed by atoms with Gasteiger partial charge in [0.25, 0.3) is 0 Å². The summed E-state index contributed by atoms with van der Waals surface area (Å²) in [5.74, 6) is 0.759. The standard InChI is InChI=1S/C17H23N5O2S/c1-12-4-6-14(7-5-12)22-16(21-8-10-24-11-9-21)19-20-17(22)25-13(2)15(23)18-3/h4-7,13H,8-11H2,1-3H3,(H,18,23). The van der Waals surface area contributed by atoms with Crippen LogP contribution in [0.3, 0.4) is 0 Å². The van der Waals surface area contributed by atoms with Gasteiger partial charge in [0.15, 0.2) is 5.16 Å². The van der Waals surface area contributed by atoms with Crippen molar-refractivity contribution in [3.63, 3.8) is 0 Å². The van der Waals surface area contributed by atoms with Crippen molar-refractivity contribution in [1.82, 2.24) is 20.1 Å². The molecule has 1 amide bonds. The van der Waals surface area contributed by atoms with E-state index in [9.17, 15) is 4.79 Å². The highest BCUT2D eigenvalue weighted by Crippen LogP contribution is 2.29. The van der Waals surface area contributed by atoms with Gasteiger partial charge in [0.1, 0.15) is 0 Å². The molecule has 3 rings (SSSR count). The van der Waals surface area contributed by atoms with Gasteiger partial charge in [-0.05, 0) is 26.0 Å². The van der Waals surface area contributed by atoms with E-state index in [4.69, 9.17) is 4.74 Å².